The van der Waals surface area contributed by atoms with E-state index in [2.05, 4.69) is 15.3 Å². The van der Waals surface area contributed by atoms with Gasteiger partial charge in [-0.05, 0) is 40.5 Å². The highest BCUT2D eigenvalue weighted by molar-refractivity contribution is 5.95. The van der Waals surface area contributed by atoms with E-state index in [1.54, 1.807) is 0 Å². The van der Waals surface area contributed by atoms with Crippen molar-refractivity contribution in [3.05, 3.63) is 11.9 Å². The summed E-state index contributed by atoms with van der Waals surface area (Å²) in [5.41, 5.74) is 10.5. The average molecular weight is 406 g/mol. The minimum Gasteiger partial charge on any atom is -0.444 e. The van der Waals surface area contributed by atoms with E-state index in [4.69, 9.17) is 20.9 Å². The number of primary amides is 1. The lowest BCUT2D eigenvalue weighted by Crippen LogP contribution is -2.55. The number of carbonyl (C=O) groups is 2. The first kappa shape index (κ1) is 21.1. The number of hydrogen-bond acceptors (Lipinski definition) is 8. The molecule has 2 aliphatic rings. The SMILES string of the molecule is C[C@@H]1OCC2(CCN(c3nc(N)cnc3C(N)=O)CC2)[C@@H]1NC(=O)OC(C)(C)C. The molecule has 3 heterocycles. The predicted molar refractivity (Wildman–Crippen MR) is 107 cm³/mol. The first-order valence-corrected chi connectivity index (χ1v) is 9.79. The number of carbonyl (C=O) groups excluding carboxylic acids is 2. The number of nitrogens with one attached hydrogen (secondary N) is 1. The zero-order chi connectivity index (χ0) is 21.4. The lowest BCUT2D eigenvalue weighted by atomic mass is 9.73. The van der Waals surface area contributed by atoms with Gasteiger partial charge in [0.25, 0.3) is 5.91 Å². The molecule has 0 unspecified atom stereocenters. The summed E-state index contributed by atoms with van der Waals surface area (Å²) >= 11 is 0. The van der Waals surface area contributed by atoms with Crippen molar-refractivity contribution in [2.45, 2.75) is 58.3 Å². The van der Waals surface area contributed by atoms with E-state index >= 15 is 0 Å². The van der Waals surface area contributed by atoms with Crippen molar-refractivity contribution in [3.63, 3.8) is 0 Å². The van der Waals surface area contributed by atoms with Gasteiger partial charge in [-0.2, -0.15) is 0 Å². The van der Waals surface area contributed by atoms with Crippen LogP contribution in [0.2, 0.25) is 0 Å². The van der Waals surface area contributed by atoms with Crippen molar-refractivity contribution in [1.82, 2.24) is 15.3 Å². The van der Waals surface area contributed by atoms with Crippen LogP contribution < -0.4 is 21.7 Å². The number of piperidine rings is 1. The van der Waals surface area contributed by atoms with Crippen molar-refractivity contribution in [1.29, 1.82) is 0 Å². The third kappa shape index (κ3) is 4.52. The van der Waals surface area contributed by atoms with E-state index in [1.807, 2.05) is 32.6 Å². The molecule has 2 amide bonds. The van der Waals surface area contributed by atoms with Crippen molar-refractivity contribution >= 4 is 23.6 Å². The normalized spacial score (nSPS) is 23.8. The highest BCUT2D eigenvalue weighted by Gasteiger charge is 2.50. The Labute approximate surface area is 170 Å². The van der Waals surface area contributed by atoms with Crippen LogP contribution in [0.25, 0.3) is 0 Å². The predicted octanol–water partition coefficient (Wildman–Crippen LogP) is 1.06. The van der Waals surface area contributed by atoms with Gasteiger partial charge in [0.05, 0.1) is 24.9 Å². The molecular formula is C19H30N6O4. The first-order chi connectivity index (χ1) is 13.5. The van der Waals surface area contributed by atoms with Gasteiger partial charge < -0.3 is 31.2 Å². The van der Waals surface area contributed by atoms with E-state index in [0.29, 0.717) is 25.5 Å². The summed E-state index contributed by atoms with van der Waals surface area (Å²) in [6, 6.07) is -0.165. The largest absolute Gasteiger partial charge is 0.444 e. The zero-order valence-corrected chi connectivity index (χ0v) is 17.4. The Morgan fingerprint density at radius 2 is 2.00 bits per heavy atom. The molecule has 0 saturated carbocycles. The lowest BCUT2D eigenvalue weighted by Gasteiger charge is -2.43. The molecule has 2 atom stereocenters. The van der Waals surface area contributed by atoms with Crippen LogP contribution in [0.1, 0.15) is 51.0 Å². The molecule has 2 aliphatic heterocycles. The number of nitrogens with two attached hydrogens (primary N) is 2. The number of ether oxygens (including phenoxy) is 2. The van der Waals surface area contributed by atoms with E-state index in [1.165, 1.54) is 6.20 Å². The number of amides is 2. The van der Waals surface area contributed by atoms with E-state index in [0.717, 1.165) is 12.8 Å². The zero-order valence-electron chi connectivity index (χ0n) is 17.4. The van der Waals surface area contributed by atoms with Crippen LogP contribution in [0, 0.1) is 5.41 Å². The summed E-state index contributed by atoms with van der Waals surface area (Å²) in [6.45, 7) is 9.22. The van der Waals surface area contributed by atoms with Crippen LogP contribution in [0.15, 0.2) is 6.20 Å². The van der Waals surface area contributed by atoms with Crippen molar-refractivity contribution in [3.8, 4) is 0 Å². The molecule has 1 aromatic heterocycles. The monoisotopic (exact) mass is 406 g/mol. The second-order valence-corrected chi connectivity index (χ2v) is 8.82. The minimum atomic E-state index is -0.643. The van der Waals surface area contributed by atoms with Crippen LogP contribution in [-0.2, 0) is 9.47 Å². The molecule has 0 aliphatic carbocycles. The molecule has 0 radical (unpaired) electrons. The quantitative estimate of drug-likeness (QED) is 0.675. The van der Waals surface area contributed by atoms with Gasteiger partial charge in [0, 0.05) is 18.5 Å². The Morgan fingerprint density at radius 1 is 1.34 bits per heavy atom. The van der Waals surface area contributed by atoms with Gasteiger partial charge in [0.15, 0.2) is 11.5 Å². The summed E-state index contributed by atoms with van der Waals surface area (Å²) < 4.78 is 11.3. The maximum atomic E-state index is 12.3. The number of aromatic nitrogens is 2. The van der Waals surface area contributed by atoms with E-state index < -0.39 is 17.6 Å². The fourth-order valence-corrected chi connectivity index (χ4v) is 4.09. The average Bonchev–Trinajstić information content (AvgIpc) is 2.90. The van der Waals surface area contributed by atoms with E-state index in [9.17, 15) is 9.59 Å². The third-order valence-corrected chi connectivity index (χ3v) is 5.50. The second kappa shape index (κ2) is 7.66. The van der Waals surface area contributed by atoms with Crippen molar-refractivity contribution < 1.29 is 19.1 Å². The van der Waals surface area contributed by atoms with Gasteiger partial charge in [0.1, 0.15) is 11.4 Å². The fourth-order valence-electron chi connectivity index (χ4n) is 4.09. The Kier molecular flexibility index (Phi) is 5.57. The molecule has 1 spiro atoms. The highest BCUT2D eigenvalue weighted by atomic mass is 16.6. The standard InChI is InChI=1S/C19H30N6O4/c1-11-14(24-17(27)29-18(2,3)4)19(10-28-11)5-7-25(8-6-19)16-13(15(21)26)22-9-12(20)23-16/h9,11,14H,5-8,10H2,1-4H3,(H2,20,23)(H2,21,26)(H,24,27)/t11-,14+/m0/s1. The highest BCUT2D eigenvalue weighted by Crippen LogP contribution is 2.43. The molecule has 160 valence electrons. The van der Waals surface area contributed by atoms with Gasteiger partial charge >= 0.3 is 6.09 Å². The molecule has 5 N–H and O–H groups in total. The molecule has 3 rings (SSSR count). The number of rotatable bonds is 3. The Bertz CT molecular complexity index is 785. The summed E-state index contributed by atoms with van der Waals surface area (Å²) in [4.78, 5) is 34.3. The van der Waals surface area contributed by atoms with Crippen LogP contribution in [-0.4, -0.2) is 59.4 Å². The Hall–Kier alpha value is -2.62. The number of alkyl carbamates (subject to hydrolysis) is 1. The molecule has 2 saturated heterocycles. The number of nitrogen functional groups attached to an aromatic ring is 1. The van der Waals surface area contributed by atoms with Gasteiger partial charge in [0.2, 0.25) is 0 Å². The molecule has 0 bridgehead atoms. The summed E-state index contributed by atoms with van der Waals surface area (Å²) in [5.74, 6) is -0.0152. The summed E-state index contributed by atoms with van der Waals surface area (Å²) in [5, 5.41) is 3.01. The molecular weight excluding hydrogens is 376 g/mol. The maximum absolute atomic E-state index is 12.3. The van der Waals surface area contributed by atoms with Gasteiger partial charge in [-0.15, -0.1) is 0 Å². The molecule has 0 aromatic carbocycles. The molecule has 29 heavy (non-hydrogen) atoms. The molecule has 10 heteroatoms. The minimum absolute atomic E-state index is 0.106. The van der Waals surface area contributed by atoms with Crippen molar-refractivity contribution in [2.24, 2.45) is 11.1 Å². The van der Waals surface area contributed by atoms with Crippen LogP contribution >= 0.6 is 0 Å². The second-order valence-electron chi connectivity index (χ2n) is 8.82. The van der Waals surface area contributed by atoms with Crippen molar-refractivity contribution in [2.75, 3.05) is 30.3 Å². The third-order valence-electron chi connectivity index (χ3n) is 5.50. The topological polar surface area (TPSA) is 146 Å². The molecule has 1 aromatic rings. The number of nitrogens with zero attached hydrogens (tertiary/aromatic N) is 3. The maximum Gasteiger partial charge on any atom is 0.407 e. The van der Waals surface area contributed by atoms with Crippen LogP contribution in [0.4, 0.5) is 16.4 Å². The summed E-state index contributed by atoms with van der Waals surface area (Å²) in [6.07, 6.45) is 2.24. The molecule has 10 nitrogen and oxygen atoms in total. The number of hydrogen-bond donors (Lipinski definition) is 3. The smallest absolute Gasteiger partial charge is 0.407 e. The lowest BCUT2D eigenvalue weighted by molar-refractivity contribution is 0.0434. The van der Waals surface area contributed by atoms with Gasteiger partial charge in [-0.25, -0.2) is 14.8 Å². The fraction of sp³-hybridized carbons (Fsp3) is 0.684. The van der Waals surface area contributed by atoms with Gasteiger partial charge in [-0.1, -0.05) is 0 Å². The Morgan fingerprint density at radius 3 is 2.59 bits per heavy atom. The Balaban J connectivity index is 1.73. The first-order valence-electron chi connectivity index (χ1n) is 9.79. The van der Waals surface area contributed by atoms with Crippen LogP contribution in [0.3, 0.4) is 0 Å². The van der Waals surface area contributed by atoms with E-state index in [-0.39, 0.29) is 29.1 Å². The van der Waals surface area contributed by atoms with Gasteiger partial charge in [-0.3, -0.25) is 4.79 Å². The summed E-state index contributed by atoms with van der Waals surface area (Å²) in [7, 11) is 0. The van der Waals surface area contributed by atoms with Crippen LogP contribution in [0.5, 0.6) is 0 Å². The molecule has 2 fully saturated rings. The number of anilines is 2.